The van der Waals surface area contributed by atoms with E-state index in [2.05, 4.69) is 346 Å². The van der Waals surface area contributed by atoms with Crippen LogP contribution in [0.1, 0.15) is 316 Å². The Morgan fingerprint density at radius 1 is 0.152 bits per heavy atom. The molecule has 0 heterocycles. The van der Waals surface area contributed by atoms with Crippen molar-refractivity contribution < 1.29 is 0 Å². The molecule has 0 atom stereocenters. The largest absolute Gasteiger partial charge is 0.0561 e. The predicted octanol–water partition coefficient (Wildman–Crippen LogP) is 28.0. The van der Waals surface area contributed by atoms with E-state index in [1.165, 1.54) is 154 Å². The Morgan fingerprint density at radius 2 is 0.283 bits per heavy atom. The highest BCUT2D eigenvalue weighted by Gasteiger charge is 2.37. The van der Waals surface area contributed by atoms with E-state index in [0.29, 0.717) is 0 Å². The van der Waals surface area contributed by atoms with Gasteiger partial charge in [-0.2, -0.15) is 0 Å². The average Bonchev–Trinajstić information content (AvgIpc) is 0.699. The fourth-order valence-corrected chi connectivity index (χ4v) is 14.7. The first-order valence-corrected chi connectivity index (χ1v) is 35.2. The molecule has 0 fully saturated rings. The summed E-state index contributed by atoms with van der Waals surface area (Å²) in [5.74, 6) is 0. The third kappa shape index (κ3) is 13.2. The van der Waals surface area contributed by atoms with Crippen LogP contribution in [-0.4, -0.2) is 0 Å². The normalized spacial score (nSPS) is 14.3. The lowest BCUT2D eigenvalue weighted by Crippen LogP contribution is -2.23. The molecule has 0 saturated heterocycles. The molecule has 0 spiro atoms. The molecule has 9 aromatic rings. The molecule has 0 amide bonds. The van der Waals surface area contributed by atoms with Gasteiger partial charge >= 0.3 is 0 Å². The standard InChI is InChI=1S/C92H124/c1-81(2,3)59-45-67(85(13,14)15)77(68(46-59)86(16,17)18)55-37-53-38-56(78-69(87(19,20)21)47-60(82(4,5)6)48-70(78)88(22,23)24)43-65-66-44-58(80-73(91(31,32)33)51-62(84(10,11)12)52-74(80)92(34,35)36)40-54-39-57(42-64(76(54)66)63(41-55)75(53)65)79-71(89(25,26)27)49-61(83(7,8)9)50-72(79)90(28,29)30/h37-52H,1-36H3. The molecular weight excluding hydrogens is 1110 g/mol. The fourth-order valence-electron chi connectivity index (χ4n) is 14.7. The number of benzene rings is 9. The first-order valence-electron chi connectivity index (χ1n) is 35.2. The highest BCUT2D eigenvalue weighted by molar-refractivity contribution is 6.35. The van der Waals surface area contributed by atoms with Gasteiger partial charge in [-0.15, -0.1) is 0 Å². The molecular formula is C92H124. The van der Waals surface area contributed by atoms with Gasteiger partial charge < -0.3 is 0 Å². The number of fused-ring (bicyclic) bond motifs is 2. The zero-order chi connectivity index (χ0) is 69.5. The van der Waals surface area contributed by atoms with E-state index < -0.39 is 0 Å². The second-order valence-corrected chi connectivity index (χ2v) is 41.1. The second kappa shape index (κ2) is 21.9. The Balaban J connectivity index is 1.68. The van der Waals surface area contributed by atoms with E-state index in [0.717, 1.165) is 0 Å². The number of hydrogen-bond donors (Lipinski definition) is 0. The zero-order valence-electron chi connectivity index (χ0n) is 65.2. The molecule has 0 aromatic heterocycles. The van der Waals surface area contributed by atoms with Crippen molar-refractivity contribution in [1.82, 2.24) is 0 Å². The topological polar surface area (TPSA) is 0 Å². The van der Waals surface area contributed by atoms with Crippen molar-refractivity contribution in [3.63, 3.8) is 0 Å². The van der Waals surface area contributed by atoms with Gasteiger partial charge in [0.25, 0.3) is 0 Å². The number of rotatable bonds is 4. The lowest BCUT2D eigenvalue weighted by atomic mass is 9.69. The molecule has 92 heavy (non-hydrogen) atoms. The highest BCUT2D eigenvalue weighted by atomic mass is 14.4. The van der Waals surface area contributed by atoms with Crippen molar-refractivity contribution in [2.45, 2.75) is 314 Å². The van der Waals surface area contributed by atoms with Crippen LogP contribution in [-0.2, 0) is 65.0 Å². The van der Waals surface area contributed by atoms with Gasteiger partial charge in [-0.25, -0.2) is 0 Å². The van der Waals surface area contributed by atoms with E-state index >= 15 is 0 Å². The molecule has 0 bridgehead atoms. The van der Waals surface area contributed by atoms with E-state index in [1.54, 1.807) is 0 Å². The van der Waals surface area contributed by atoms with Gasteiger partial charge in [-0.05, 0) is 268 Å². The van der Waals surface area contributed by atoms with Crippen LogP contribution in [0.3, 0.4) is 0 Å². The third-order valence-electron chi connectivity index (χ3n) is 20.3. The molecule has 0 nitrogen and oxygen atoms in total. The summed E-state index contributed by atoms with van der Waals surface area (Å²) in [5.41, 5.74) is 26.1. The lowest BCUT2D eigenvalue weighted by Gasteiger charge is -2.35. The molecule has 0 N–H and O–H groups in total. The summed E-state index contributed by atoms with van der Waals surface area (Å²) >= 11 is 0. The minimum atomic E-state index is -0.154. The van der Waals surface area contributed by atoms with Crippen molar-refractivity contribution >= 4 is 43.1 Å². The van der Waals surface area contributed by atoms with Crippen LogP contribution in [0.15, 0.2) is 97.1 Å². The molecule has 0 saturated carbocycles. The quantitative estimate of drug-likeness (QED) is 0.122. The van der Waals surface area contributed by atoms with Gasteiger partial charge in [0.2, 0.25) is 0 Å². The molecule has 0 aliphatic rings. The van der Waals surface area contributed by atoms with Gasteiger partial charge in [-0.3, -0.25) is 0 Å². The van der Waals surface area contributed by atoms with Gasteiger partial charge in [0, 0.05) is 0 Å². The Morgan fingerprint density at radius 3 is 0.391 bits per heavy atom. The van der Waals surface area contributed by atoms with Crippen LogP contribution in [0.5, 0.6) is 0 Å². The first kappa shape index (κ1) is 70.6. The monoisotopic (exact) mass is 1230 g/mol. The van der Waals surface area contributed by atoms with Crippen LogP contribution in [0, 0.1) is 0 Å². The van der Waals surface area contributed by atoms with Gasteiger partial charge in [-0.1, -0.05) is 298 Å². The predicted molar refractivity (Wildman–Crippen MR) is 414 cm³/mol. The maximum atomic E-state index is 2.66. The fraction of sp³-hybridized carbons (Fsp3) is 0.522. The first-order chi connectivity index (χ1) is 41.2. The van der Waals surface area contributed by atoms with Crippen LogP contribution < -0.4 is 0 Å². The summed E-state index contributed by atoms with van der Waals surface area (Å²) in [4.78, 5) is 0. The van der Waals surface area contributed by atoms with Gasteiger partial charge in [0.1, 0.15) is 0 Å². The van der Waals surface area contributed by atoms with Gasteiger partial charge in [0.05, 0.1) is 0 Å². The molecule has 0 aliphatic carbocycles. The summed E-state index contributed by atoms with van der Waals surface area (Å²) in [7, 11) is 0. The second-order valence-electron chi connectivity index (χ2n) is 41.1. The summed E-state index contributed by atoms with van der Waals surface area (Å²) in [6.45, 7) is 87.2. The smallest absolute Gasteiger partial charge is 0.00255 e. The molecule has 492 valence electrons. The molecule has 0 unspecified atom stereocenters. The minimum Gasteiger partial charge on any atom is -0.0561 e. The summed E-state index contributed by atoms with van der Waals surface area (Å²) in [5, 5.41) is 10.5. The summed E-state index contributed by atoms with van der Waals surface area (Å²) in [6, 6.07) is 41.8. The van der Waals surface area contributed by atoms with Crippen LogP contribution in [0.4, 0.5) is 0 Å². The lowest BCUT2D eigenvalue weighted by molar-refractivity contribution is 0.550. The van der Waals surface area contributed by atoms with Crippen molar-refractivity contribution in [3.05, 3.63) is 164 Å². The van der Waals surface area contributed by atoms with Crippen LogP contribution in [0.2, 0.25) is 0 Å². The highest BCUT2D eigenvalue weighted by Crippen LogP contribution is 2.55. The average molecular weight is 1230 g/mol. The van der Waals surface area contributed by atoms with E-state index in [9.17, 15) is 0 Å². The van der Waals surface area contributed by atoms with Gasteiger partial charge in [0.15, 0.2) is 0 Å². The maximum Gasteiger partial charge on any atom is -0.00255 e. The Labute approximate surface area is 562 Å². The SMILES string of the molecule is CC(C)(C)c1cc(C(C)(C)C)c(-c2cc3cc(-c4c(C(C)(C)C)cc(C(C)(C)C)cc4C(C)(C)C)cc4c5cc(-c6c(C(C)(C)C)cc(C(C)(C)C)cc6C(C)(C)C)cc6cc(-c7c(C(C)(C)C)cc(C(C)(C)C)cc7C(C)(C)C)cc(c(c2)c34)c65)c(C(C)(C)C)c1. The van der Waals surface area contributed by atoms with Crippen molar-refractivity contribution in [1.29, 1.82) is 0 Å². The maximum absolute atomic E-state index is 2.66. The van der Waals surface area contributed by atoms with Crippen molar-refractivity contribution in [2.24, 2.45) is 0 Å². The van der Waals surface area contributed by atoms with Crippen molar-refractivity contribution in [2.75, 3.05) is 0 Å². The summed E-state index contributed by atoms with van der Waals surface area (Å²) < 4.78 is 0. The van der Waals surface area contributed by atoms with Crippen LogP contribution in [0.25, 0.3) is 87.6 Å². The molecule has 0 aliphatic heterocycles. The van der Waals surface area contributed by atoms with E-state index in [1.807, 2.05) is 0 Å². The molecule has 9 aromatic carbocycles. The zero-order valence-corrected chi connectivity index (χ0v) is 65.2. The molecule has 9 rings (SSSR count). The molecule has 0 heteroatoms. The summed E-state index contributed by atoms with van der Waals surface area (Å²) in [6.07, 6.45) is 0. The molecule has 0 radical (unpaired) electrons. The minimum absolute atomic E-state index is 0.0385. The number of hydrogen-bond acceptors (Lipinski definition) is 0. The van der Waals surface area contributed by atoms with E-state index in [-0.39, 0.29) is 65.0 Å². The third-order valence-corrected chi connectivity index (χ3v) is 20.3. The Hall–Kier alpha value is -5.72. The van der Waals surface area contributed by atoms with Crippen LogP contribution >= 0.6 is 0 Å². The Kier molecular flexibility index (Phi) is 16.8. The Bertz CT molecular complexity index is 3670. The van der Waals surface area contributed by atoms with E-state index in [4.69, 9.17) is 0 Å². The van der Waals surface area contributed by atoms with Crippen molar-refractivity contribution in [3.8, 4) is 44.5 Å².